The van der Waals surface area contributed by atoms with Gasteiger partial charge in [0.2, 0.25) is 0 Å². The smallest absolute Gasteiger partial charge is 0.164 e. The molecule has 6 aromatic rings. The molecule has 6 rings (SSSR count). The Labute approximate surface area is 328 Å². The van der Waals surface area contributed by atoms with Crippen LogP contribution in [0.4, 0.5) is 0 Å². The topological polar surface area (TPSA) is 63.3 Å². The van der Waals surface area contributed by atoms with Crippen LogP contribution in [0.2, 0.25) is 0 Å². The number of aliphatic hydroxyl groups excluding tert-OH is 1. The van der Waals surface area contributed by atoms with Crippen molar-refractivity contribution < 1.29 is 34.4 Å². The maximum absolute atomic E-state index is 12.2. The van der Waals surface area contributed by atoms with Crippen molar-refractivity contribution in [2.75, 3.05) is 0 Å². The quantitative estimate of drug-likeness (QED) is 0.0892. The Morgan fingerprint density at radius 3 is 2.17 bits per heavy atom. The Morgan fingerprint density at radius 2 is 1.54 bits per heavy atom. The molecule has 0 aliphatic heterocycles. The zero-order chi connectivity index (χ0) is 37.3. The van der Waals surface area contributed by atoms with Crippen LogP contribution in [-0.2, 0) is 30.3 Å². The number of benzene rings is 3. The molecule has 4 nitrogen and oxygen atoms in total. The van der Waals surface area contributed by atoms with Crippen LogP contribution in [0.3, 0.4) is 0 Å². The van der Waals surface area contributed by atoms with E-state index in [1.54, 1.807) is 0 Å². The van der Waals surface area contributed by atoms with Gasteiger partial charge in [-0.1, -0.05) is 104 Å². The van der Waals surface area contributed by atoms with E-state index in [2.05, 4.69) is 95.3 Å². The monoisotopic (exact) mass is 893 g/mol. The van der Waals surface area contributed by atoms with E-state index in [1.165, 1.54) is 32.0 Å². The molecule has 0 fully saturated rings. The molecule has 0 unspecified atom stereocenters. The molecule has 3 heterocycles. The third kappa shape index (κ3) is 8.15. The van der Waals surface area contributed by atoms with Crippen molar-refractivity contribution in [1.29, 1.82) is 0 Å². The van der Waals surface area contributed by atoms with Gasteiger partial charge in [-0.15, -0.1) is 40.5 Å². The maximum Gasteiger partial charge on any atom is 0.164 e. The number of rotatable bonds is 9. The number of fused-ring (bicyclic) bond motifs is 3. The summed E-state index contributed by atoms with van der Waals surface area (Å²) in [5, 5.41) is 14.8. The molecular formula is C46H54IrNO3S-. The second-order valence-electron chi connectivity index (χ2n) is 15.5. The van der Waals surface area contributed by atoms with Gasteiger partial charge < -0.3 is 9.52 Å². The van der Waals surface area contributed by atoms with Gasteiger partial charge in [-0.05, 0) is 74.1 Å². The van der Waals surface area contributed by atoms with Crippen molar-refractivity contribution in [3.05, 3.63) is 101 Å². The number of aromatic nitrogens is 1. The standard InChI is InChI=1S/C31H26NOS.C15H28O2.Ir/c1-18-14-21-10-11-22(17-27(21)34-18)30-19(2)28-26(33-30)12-13-32-29(28)23-15-20-8-6-7-9-24(20)25(16-23)31(3,4)5;1-7-14(5,8-2)12(16)11-13(17)15(6,9-3)10-4;/h6-14,16-17H,1-5H3;11,16H,7-10H2,1-6H3;/q-1;;/b;12-11-;. The van der Waals surface area contributed by atoms with Crippen molar-refractivity contribution in [1.82, 2.24) is 4.98 Å². The van der Waals surface area contributed by atoms with Crippen LogP contribution in [0.5, 0.6) is 0 Å². The molecule has 52 heavy (non-hydrogen) atoms. The summed E-state index contributed by atoms with van der Waals surface area (Å²) < 4.78 is 7.72. The molecule has 0 saturated heterocycles. The first kappa shape index (κ1) is 41.2. The average molecular weight is 893 g/mol. The summed E-state index contributed by atoms with van der Waals surface area (Å²) in [5.74, 6) is 1.20. The molecule has 0 spiro atoms. The molecule has 1 radical (unpaired) electrons. The minimum absolute atomic E-state index is 0. The summed E-state index contributed by atoms with van der Waals surface area (Å²) in [5.41, 5.74) is 5.71. The van der Waals surface area contributed by atoms with E-state index < -0.39 is 0 Å². The van der Waals surface area contributed by atoms with Crippen molar-refractivity contribution >= 4 is 48.9 Å². The number of furan rings is 1. The van der Waals surface area contributed by atoms with Crippen molar-refractivity contribution in [3.8, 4) is 22.6 Å². The van der Waals surface area contributed by atoms with Gasteiger partial charge in [0, 0.05) is 69.4 Å². The minimum Gasteiger partial charge on any atom is -0.512 e. The summed E-state index contributed by atoms with van der Waals surface area (Å²) in [6.45, 7) is 23.2. The van der Waals surface area contributed by atoms with Gasteiger partial charge >= 0.3 is 0 Å². The molecule has 1 N–H and O–H groups in total. The van der Waals surface area contributed by atoms with Crippen molar-refractivity contribution in [2.45, 2.75) is 107 Å². The number of carbonyl (C=O) groups is 1. The number of nitrogens with zero attached hydrogens (tertiary/aromatic N) is 1. The largest absolute Gasteiger partial charge is 0.512 e. The zero-order valence-electron chi connectivity index (χ0n) is 32.7. The number of aliphatic hydroxyl groups is 1. The first-order chi connectivity index (χ1) is 24.1. The van der Waals surface area contributed by atoms with Crippen LogP contribution in [0.15, 0.2) is 83.1 Å². The van der Waals surface area contributed by atoms with Gasteiger partial charge in [0.15, 0.2) is 5.78 Å². The minimum atomic E-state index is -0.337. The van der Waals surface area contributed by atoms with E-state index in [1.807, 2.05) is 65.1 Å². The fourth-order valence-electron chi connectivity index (χ4n) is 6.64. The van der Waals surface area contributed by atoms with E-state index >= 15 is 0 Å². The van der Waals surface area contributed by atoms with Crippen LogP contribution >= 0.6 is 11.3 Å². The molecule has 3 aromatic heterocycles. The van der Waals surface area contributed by atoms with Gasteiger partial charge in [-0.2, -0.15) is 0 Å². The number of hydrogen-bond acceptors (Lipinski definition) is 5. The van der Waals surface area contributed by atoms with E-state index in [0.717, 1.165) is 70.2 Å². The van der Waals surface area contributed by atoms with Gasteiger partial charge in [0.25, 0.3) is 0 Å². The Morgan fingerprint density at radius 1 is 0.885 bits per heavy atom. The number of aryl methyl sites for hydroxylation is 2. The summed E-state index contributed by atoms with van der Waals surface area (Å²) >= 11 is 1.82. The maximum atomic E-state index is 12.2. The molecule has 0 saturated carbocycles. The van der Waals surface area contributed by atoms with Crippen LogP contribution in [0, 0.1) is 30.7 Å². The molecule has 0 bridgehead atoms. The van der Waals surface area contributed by atoms with Crippen LogP contribution in [0.1, 0.15) is 104 Å². The number of thiophene rings is 1. The number of pyridine rings is 1. The summed E-state index contributed by atoms with van der Waals surface area (Å²) in [6.07, 6.45) is 6.60. The summed E-state index contributed by atoms with van der Waals surface area (Å²) in [6, 6.07) is 25.2. The second-order valence-corrected chi connectivity index (χ2v) is 16.8. The third-order valence-corrected chi connectivity index (χ3v) is 12.2. The Bertz CT molecular complexity index is 2220. The molecular weight excluding hydrogens is 839 g/mol. The molecule has 6 heteroatoms. The van der Waals surface area contributed by atoms with Crippen LogP contribution < -0.4 is 0 Å². The molecule has 0 aliphatic rings. The van der Waals surface area contributed by atoms with Gasteiger partial charge in [0.1, 0.15) is 17.1 Å². The molecule has 3 aromatic carbocycles. The first-order valence-corrected chi connectivity index (χ1v) is 19.2. The van der Waals surface area contributed by atoms with Gasteiger partial charge in [-0.3, -0.25) is 9.78 Å². The third-order valence-electron chi connectivity index (χ3n) is 11.2. The predicted octanol–water partition coefficient (Wildman–Crippen LogP) is 13.9. The number of ketones is 1. The van der Waals surface area contributed by atoms with E-state index in [-0.39, 0.29) is 47.9 Å². The van der Waals surface area contributed by atoms with E-state index in [4.69, 9.17) is 9.40 Å². The summed E-state index contributed by atoms with van der Waals surface area (Å²) in [4.78, 5) is 18.3. The van der Waals surface area contributed by atoms with Gasteiger partial charge in [-0.25, -0.2) is 0 Å². The van der Waals surface area contributed by atoms with Crippen LogP contribution in [0.25, 0.3) is 54.4 Å². The molecule has 277 valence electrons. The normalized spacial score (nSPS) is 12.6. The van der Waals surface area contributed by atoms with E-state index in [0.29, 0.717) is 0 Å². The average Bonchev–Trinajstić information content (AvgIpc) is 3.67. The van der Waals surface area contributed by atoms with Crippen LogP contribution in [-0.4, -0.2) is 15.9 Å². The second kappa shape index (κ2) is 16.2. The first-order valence-electron chi connectivity index (χ1n) is 18.4. The molecule has 0 atom stereocenters. The SMILES string of the molecule is CCC(C)(CC)C(=O)/C=C(\O)C(C)(CC)CC.Cc1cc2ccc(-c3oc4ccnc(-c5[c-]c6ccccc6c(C(C)(C)C)c5)c4c3C)cc2s1.[Ir]. The fraction of sp³-hybridized carbons (Fsp3) is 0.391. The van der Waals surface area contributed by atoms with Crippen molar-refractivity contribution in [2.24, 2.45) is 10.8 Å². The Kier molecular flexibility index (Phi) is 12.8. The predicted molar refractivity (Wildman–Crippen MR) is 218 cm³/mol. The Balaban J connectivity index is 0.000000289. The number of carbonyl (C=O) groups excluding carboxylic acids is 1. The number of allylic oxidation sites excluding steroid dienone is 2. The van der Waals surface area contributed by atoms with Gasteiger partial charge in [0.05, 0.1) is 0 Å². The van der Waals surface area contributed by atoms with E-state index in [9.17, 15) is 9.90 Å². The molecule has 0 aliphatic carbocycles. The Hall–Kier alpha value is -3.57. The zero-order valence-corrected chi connectivity index (χ0v) is 35.9. The van der Waals surface area contributed by atoms with Crippen molar-refractivity contribution in [3.63, 3.8) is 0 Å². The summed E-state index contributed by atoms with van der Waals surface area (Å²) in [7, 11) is 0. The fourth-order valence-corrected chi connectivity index (χ4v) is 7.60. The molecule has 0 amide bonds. The number of hydrogen-bond donors (Lipinski definition) is 1.